The van der Waals surface area contributed by atoms with Crippen molar-refractivity contribution in [1.82, 2.24) is 0 Å². The number of rotatable bonds is 6. The van der Waals surface area contributed by atoms with Gasteiger partial charge >= 0.3 is 5.97 Å². The Morgan fingerprint density at radius 3 is 2.60 bits per heavy atom. The molecular formula is C27H21NO7. The van der Waals surface area contributed by atoms with Crippen molar-refractivity contribution < 1.29 is 33.3 Å². The quantitative estimate of drug-likeness (QED) is 0.332. The molecule has 3 aromatic rings. The van der Waals surface area contributed by atoms with E-state index in [0.717, 1.165) is 11.1 Å². The van der Waals surface area contributed by atoms with Gasteiger partial charge in [-0.15, -0.1) is 0 Å². The van der Waals surface area contributed by atoms with Gasteiger partial charge in [-0.1, -0.05) is 24.3 Å². The van der Waals surface area contributed by atoms with Crippen molar-refractivity contribution >= 4 is 23.7 Å². The zero-order chi connectivity index (χ0) is 24.5. The smallest absolute Gasteiger partial charge is 0.312 e. The lowest BCUT2D eigenvalue weighted by atomic mass is 9.84. The highest BCUT2D eigenvalue weighted by Gasteiger charge is 2.38. The minimum absolute atomic E-state index is 0.0534. The number of carbonyl (C=O) groups excluding carboxylic acids is 3. The Morgan fingerprint density at radius 1 is 1.06 bits per heavy atom. The third-order valence-corrected chi connectivity index (χ3v) is 5.83. The Labute approximate surface area is 200 Å². The van der Waals surface area contributed by atoms with E-state index in [4.69, 9.17) is 24.7 Å². The molecule has 2 heterocycles. The molecule has 0 saturated heterocycles. The third-order valence-electron chi connectivity index (χ3n) is 5.83. The summed E-state index contributed by atoms with van der Waals surface area (Å²) in [7, 11) is 1.58. The van der Waals surface area contributed by atoms with E-state index in [9.17, 15) is 14.4 Å². The summed E-state index contributed by atoms with van der Waals surface area (Å²) in [5.41, 5.74) is 7.71. The normalized spacial score (nSPS) is 17.3. The number of ketones is 1. The number of Topliss-reactive ketones (excluding diaryl/α,β-unsaturated/α-hetero) is 1. The molecule has 2 N–H and O–H groups in total. The Bertz CT molecular complexity index is 1370. The summed E-state index contributed by atoms with van der Waals surface area (Å²) in [5, 5.41) is 0. The monoisotopic (exact) mass is 471 g/mol. The molecule has 0 aromatic heterocycles. The van der Waals surface area contributed by atoms with E-state index in [2.05, 4.69) is 0 Å². The lowest BCUT2D eigenvalue weighted by Gasteiger charge is -2.26. The van der Waals surface area contributed by atoms with Gasteiger partial charge in [-0.05, 0) is 53.6 Å². The van der Waals surface area contributed by atoms with Crippen LogP contribution in [-0.2, 0) is 9.59 Å². The van der Waals surface area contributed by atoms with Gasteiger partial charge in [0, 0.05) is 11.5 Å². The SMILES string of the molecule is COc1ccc(C=C2Oc3c(ccc4c3C(c3cccc(OCC(N)=O)c3)CC(=O)O4)C2=O)cc1. The van der Waals surface area contributed by atoms with E-state index in [-0.39, 0.29) is 24.6 Å². The molecule has 1 atom stereocenters. The van der Waals surface area contributed by atoms with Gasteiger partial charge < -0.3 is 24.7 Å². The van der Waals surface area contributed by atoms with Gasteiger partial charge in [-0.25, -0.2) is 0 Å². The molecule has 0 bridgehead atoms. The fourth-order valence-corrected chi connectivity index (χ4v) is 4.22. The molecule has 0 aliphatic carbocycles. The Morgan fingerprint density at radius 2 is 1.86 bits per heavy atom. The molecule has 2 aliphatic heterocycles. The number of allylic oxidation sites excluding steroid dienone is 1. The van der Waals surface area contributed by atoms with Crippen molar-refractivity contribution in [3.8, 4) is 23.0 Å². The zero-order valence-electron chi connectivity index (χ0n) is 18.8. The maximum atomic E-state index is 13.1. The molecule has 0 spiro atoms. The molecule has 1 amide bonds. The second kappa shape index (κ2) is 8.98. The van der Waals surface area contributed by atoms with Gasteiger partial charge in [0.2, 0.25) is 5.78 Å². The van der Waals surface area contributed by atoms with Crippen molar-refractivity contribution in [3.63, 3.8) is 0 Å². The minimum Gasteiger partial charge on any atom is -0.497 e. The van der Waals surface area contributed by atoms with E-state index >= 15 is 0 Å². The molecule has 0 saturated carbocycles. The first kappa shape index (κ1) is 22.2. The first-order chi connectivity index (χ1) is 16.9. The molecule has 2 aliphatic rings. The van der Waals surface area contributed by atoms with Crippen molar-refractivity contribution in [2.45, 2.75) is 12.3 Å². The van der Waals surface area contributed by atoms with Crippen molar-refractivity contribution in [3.05, 3.63) is 88.7 Å². The Kier molecular flexibility index (Phi) is 5.70. The summed E-state index contributed by atoms with van der Waals surface area (Å²) < 4.78 is 22.2. The molecule has 8 heteroatoms. The lowest BCUT2D eigenvalue weighted by molar-refractivity contribution is -0.135. The molecule has 1 unspecified atom stereocenters. The van der Waals surface area contributed by atoms with Crippen LogP contribution < -0.4 is 24.7 Å². The Hall–Kier alpha value is -4.59. The number of carbonyl (C=O) groups is 3. The number of hydrogen-bond donors (Lipinski definition) is 1. The van der Waals surface area contributed by atoms with E-state index in [1.807, 2.05) is 18.2 Å². The number of nitrogens with two attached hydrogens (primary N) is 1. The number of ether oxygens (including phenoxy) is 4. The standard InChI is InChI=1S/C27H21NO7/c1-32-17-7-5-15(6-8-17)11-22-26(31)19-9-10-21-25(27(19)35-22)20(13-24(30)34-21)16-3-2-4-18(12-16)33-14-23(28)29/h2-12,20H,13-14H2,1H3,(H2,28,29). The lowest BCUT2D eigenvalue weighted by Crippen LogP contribution is -2.22. The minimum atomic E-state index is -0.595. The van der Waals surface area contributed by atoms with Crippen LogP contribution in [0.1, 0.15) is 39.4 Å². The fourth-order valence-electron chi connectivity index (χ4n) is 4.22. The van der Waals surface area contributed by atoms with E-state index in [1.165, 1.54) is 0 Å². The fraction of sp³-hybridized carbons (Fsp3) is 0.148. The van der Waals surface area contributed by atoms with Crippen LogP contribution in [0, 0.1) is 0 Å². The predicted octanol–water partition coefficient (Wildman–Crippen LogP) is 3.62. The highest BCUT2D eigenvalue weighted by molar-refractivity contribution is 6.15. The first-order valence-corrected chi connectivity index (χ1v) is 10.9. The molecule has 3 aromatic carbocycles. The number of esters is 1. The van der Waals surface area contributed by atoms with Crippen LogP contribution in [0.5, 0.6) is 23.0 Å². The molecule has 8 nitrogen and oxygen atoms in total. The second-order valence-electron chi connectivity index (χ2n) is 8.13. The summed E-state index contributed by atoms with van der Waals surface area (Å²) in [6.45, 7) is -0.265. The molecule has 5 rings (SSSR count). The van der Waals surface area contributed by atoms with Crippen LogP contribution in [0.15, 0.2) is 66.4 Å². The molecule has 0 radical (unpaired) electrons. The van der Waals surface area contributed by atoms with E-state index < -0.39 is 17.8 Å². The van der Waals surface area contributed by atoms with Crippen LogP contribution >= 0.6 is 0 Å². The summed E-state index contributed by atoms with van der Waals surface area (Å²) in [5.74, 6) is 0.334. The van der Waals surface area contributed by atoms with Gasteiger partial charge in [-0.3, -0.25) is 14.4 Å². The molecular weight excluding hydrogens is 450 g/mol. The maximum Gasteiger partial charge on any atom is 0.312 e. The van der Waals surface area contributed by atoms with Gasteiger partial charge in [0.25, 0.3) is 5.91 Å². The average Bonchev–Trinajstić information content (AvgIpc) is 3.17. The van der Waals surface area contributed by atoms with Gasteiger partial charge in [0.15, 0.2) is 12.4 Å². The highest BCUT2D eigenvalue weighted by atomic mass is 16.5. The van der Waals surface area contributed by atoms with Crippen LogP contribution in [-0.4, -0.2) is 31.4 Å². The van der Waals surface area contributed by atoms with Gasteiger partial charge in [0.05, 0.1) is 19.1 Å². The summed E-state index contributed by atoms with van der Waals surface area (Å²) >= 11 is 0. The van der Waals surface area contributed by atoms with Crippen LogP contribution in [0.2, 0.25) is 0 Å². The number of benzene rings is 3. The van der Waals surface area contributed by atoms with Crippen molar-refractivity contribution in [2.24, 2.45) is 5.73 Å². The number of primary amides is 1. The van der Waals surface area contributed by atoms with E-state index in [1.54, 1.807) is 55.7 Å². The molecule has 176 valence electrons. The number of hydrogen-bond acceptors (Lipinski definition) is 7. The van der Waals surface area contributed by atoms with Crippen molar-refractivity contribution in [2.75, 3.05) is 13.7 Å². The summed E-state index contributed by atoms with van der Waals surface area (Å²) in [6.07, 6.45) is 1.72. The number of fused-ring (bicyclic) bond motifs is 3. The molecule has 0 fully saturated rings. The average molecular weight is 471 g/mol. The second-order valence-corrected chi connectivity index (χ2v) is 8.13. The van der Waals surface area contributed by atoms with Crippen LogP contribution in [0.25, 0.3) is 6.08 Å². The first-order valence-electron chi connectivity index (χ1n) is 10.9. The van der Waals surface area contributed by atoms with E-state index in [0.29, 0.717) is 34.1 Å². The Balaban J connectivity index is 1.53. The largest absolute Gasteiger partial charge is 0.497 e. The van der Waals surface area contributed by atoms with Gasteiger partial charge in [0.1, 0.15) is 23.0 Å². The highest BCUT2D eigenvalue weighted by Crippen LogP contribution is 2.49. The predicted molar refractivity (Wildman–Crippen MR) is 126 cm³/mol. The maximum absolute atomic E-state index is 13.1. The number of methoxy groups -OCH3 is 1. The third kappa shape index (κ3) is 4.33. The van der Waals surface area contributed by atoms with Crippen LogP contribution in [0.4, 0.5) is 0 Å². The van der Waals surface area contributed by atoms with Crippen molar-refractivity contribution in [1.29, 1.82) is 0 Å². The van der Waals surface area contributed by atoms with Gasteiger partial charge in [-0.2, -0.15) is 0 Å². The topological polar surface area (TPSA) is 114 Å². The van der Waals surface area contributed by atoms with Crippen LogP contribution in [0.3, 0.4) is 0 Å². The number of amides is 1. The summed E-state index contributed by atoms with van der Waals surface area (Å²) in [6, 6.07) is 17.5. The molecule has 35 heavy (non-hydrogen) atoms. The zero-order valence-corrected chi connectivity index (χ0v) is 18.8. The summed E-state index contributed by atoms with van der Waals surface area (Å²) in [4.78, 5) is 36.6.